The van der Waals surface area contributed by atoms with Crippen molar-refractivity contribution in [2.45, 2.75) is 45.3 Å². The van der Waals surface area contributed by atoms with Gasteiger partial charge in [-0.15, -0.1) is 5.10 Å². The van der Waals surface area contributed by atoms with E-state index in [1.54, 1.807) is 37.0 Å². The molecule has 4 N–H and O–H groups in total. The number of imidazole rings is 1. The minimum absolute atomic E-state index is 0.0326. The molecule has 9 heteroatoms. The molecule has 0 saturated heterocycles. The van der Waals surface area contributed by atoms with Crippen LogP contribution in [0.3, 0.4) is 0 Å². The number of benzene rings is 1. The number of fused-ring (bicyclic) bond motifs is 1. The average Bonchev–Trinajstić information content (AvgIpc) is 3.53. The Hall–Kier alpha value is -3.98. The summed E-state index contributed by atoms with van der Waals surface area (Å²) in [5.41, 5.74) is 4.59. The van der Waals surface area contributed by atoms with E-state index in [0.29, 0.717) is 29.6 Å². The molecule has 0 bridgehead atoms. The number of aliphatic hydroxyl groups is 1. The molecule has 3 aromatic heterocycles. The van der Waals surface area contributed by atoms with Crippen molar-refractivity contribution >= 4 is 28.7 Å². The van der Waals surface area contributed by atoms with Gasteiger partial charge in [0.2, 0.25) is 0 Å². The number of nitrogens with zero attached hydrogens (tertiary/aromatic N) is 4. The third-order valence-electron chi connectivity index (χ3n) is 5.81. The molecule has 0 spiro atoms. The van der Waals surface area contributed by atoms with Crippen LogP contribution in [0.15, 0.2) is 55.0 Å². The first-order valence-electron chi connectivity index (χ1n) is 11.7. The van der Waals surface area contributed by atoms with Gasteiger partial charge in [-0.3, -0.25) is 9.78 Å². The van der Waals surface area contributed by atoms with Gasteiger partial charge in [0.1, 0.15) is 0 Å². The van der Waals surface area contributed by atoms with Crippen LogP contribution in [-0.4, -0.2) is 48.8 Å². The Kier molecular flexibility index (Phi) is 5.86. The Balaban J connectivity index is 1.53. The van der Waals surface area contributed by atoms with Crippen LogP contribution in [0.2, 0.25) is 0 Å². The van der Waals surface area contributed by atoms with Crippen molar-refractivity contribution in [2.24, 2.45) is 0 Å². The van der Waals surface area contributed by atoms with E-state index in [2.05, 4.69) is 25.9 Å². The molecule has 1 fully saturated rings. The zero-order valence-corrected chi connectivity index (χ0v) is 20.0. The Morgan fingerprint density at radius 2 is 1.94 bits per heavy atom. The number of carbonyl (C=O) groups is 1. The van der Waals surface area contributed by atoms with Crippen LogP contribution >= 0.6 is 0 Å². The van der Waals surface area contributed by atoms with Crippen molar-refractivity contribution in [1.29, 1.82) is 0 Å². The van der Waals surface area contributed by atoms with E-state index in [1.807, 2.05) is 43.3 Å². The lowest BCUT2D eigenvalue weighted by Crippen LogP contribution is -2.29. The number of carbonyl (C=O) groups excluding carboxylic acids is 1. The average molecular weight is 472 g/mol. The lowest BCUT2D eigenvalue weighted by atomic mass is 10.0. The highest BCUT2D eigenvalue weighted by Crippen LogP contribution is 2.29. The van der Waals surface area contributed by atoms with Crippen LogP contribution in [-0.2, 0) is 0 Å². The fraction of sp³-hybridized carbons (Fsp3) is 0.308. The second-order valence-electron chi connectivity index (χ2n) is 9.63. The fourth-order valence-corrected chi connectivity index (χ4v) is 3.82. The van der Waals surface area contributed by atoms with Crippen LogP contribution in [0.25, 0.3) is 16.9 Å². The molecule has 0 unspecified atom stereocenters. The van der Waals surface area contributed by atoms with E-state index in [-0.39, 0.29) is 5.91 Å². The van der Waals surface area contributed by atoms with Crippen molar-refractivity contribution in [3.05, 3.63) is 66.1 Å². The summed E-state index contributed by atoms with van der Waals surface area (Å²) >= 11 is 0. The van der Waals surface area contributed by atoms with Crippen molar-refractivity contribution in [3.8, 4) is 11.3 Å². The predicted molar refractivity (Wildman–Crippen MR) is 136 cm³/mol. The number of anilines is 3. The molecule has 1 aliphatic carbocycles. The van der Waals surface area contributed by atoms with Gasteiger partial charge in [0.25, 0.3) is 5.91 Å². The quantitative estimate of drug-likeness (QED) is 0.308. The Morgan fingerprint density at radius 1 is 1.17 bits per heavy atom. The summed E-state index contributed by atoms with van der Waals surface area (Å²) in [4.78, 5) is 21.2. The summed E-state index contributed by atoms with van der Waals surface area (Å²) < 4.78 is 1.77. The molecule has 4 aromatic rings. The number of hydrogen-bond donors (Lipinski definition) is 4. The third-order valence-corrected chi connectivity index (χ3v) is 5.81. The normalized spacial score (nSPS) is 13.6. The van der Waals surface area contributed by atoms with Crippen molar-refractivity contribution in [3.63, 3.8) is 0 Å². The van der Waals surface area contributed by atoms with E-state index in [9.17, 15) is 9.90 Å². The number of nitrogens with one attached hydrogen (secondary N) is 3. The summed E-state index contributed by atoms with van der Waals surface area (Å²) in [5, 5.41) is 24.7. The highest BCUT2D eigenvalue weighted by molar-refractivity contribution is 5.96. The first-order valence-corrected chi connectivity index (χ1v) is 11.7. The van der Waals surface area contributed by atoms with Gasteiger partial charge in [-0.1, -0.05) is 6.07 Å². The lowest BCUT2D eigenvalue weighted by molar-refractivity contribution is 0.0940. The molecule has 5 rings (SSSR count). The minimum atomic E-state index is -0.900. The van der Waals surface area contributed by atoms with Crippen molar-refractivity contribution in [2.75, 3.05) is 17.2 Å². The zero-order valence-electron chi connectivity index (χ0n) is 20.0. The van der Waals surface area contributed by atoms with Crippen molar-refractivity contribution in [1.82, 2.24) is 24.9 Å². The summed E-state index contributed by atoms with van der Waals surface area (Å²) in [6, 6.07) is 11.7. The predicted octanol–water partition coefficient (Wildman–Crippen LogP) is 3.92. The number of hydrogen-bond acceptors (Lipinski definition) is 7. The molecule has 3 heterocycles. The Morgan fingerprint density at radius 3 is 2.63 bits per heavy atom. The largest absolute Gasteiger partial charge is 0.389 e. The van der Waals surface area contributed by atoms with Crippen LogP contribution in [0.5, 0.6) is 0 Å². The highest BCUT2D eigenvalue weighted by Gasteiger charge is 2.24. The Bertz CT molecular complexity index is 1370. The molecular formula is C26H29N7O2. The molecule has 0 aliphatic heterocycles. The first kappa shape index (κ1) is 22.8. The van der Waals surface area contributed by atoms with E-state index < -0.39 is 5.60 Å². The second kappa shape index (κ2) is 8.99. The molecule has 1 amide bonds. The second-order valence-corrected chi connectivity index (χ2v) is 9.63. The van der Waals surface area contributed by atoms with Gasteiger partial charge in [0.15, 0.2) is 11.5 Å². The maximum absolute atomic E-state index is 12.6. The van der Waals surface area contributed by atoms with Crippen LogP contribution in [0.4, 0.5) is 17.2 Å². The molecular weight excluding hydrogens is 442 g/mol. The molecule has 1 saturated carbocycles. The number of aromatic nitrogens is 4. The fourth-order valence-electron chi connectivity index (χ4n) is 3.82. The lowest BCUT2D eigenvalue weighted by Gasteiger charge is -2.19. The molecule has 180 valence electrons. The van der Waals surface area contributed by atoms with Gasteiger partial charge in [-0.2, -0.15) is 0 Å². The minimum Gasteiger partial charge on any atom is -0.389 e. The van der Waals surface area contributed by atoms with Crippen LogP contribution < -0.4 is 16.0 Å². The first-order chi connectivity index (χ1) is 16.8. The van der Waals surface area contributed by atoms with E-state index in [1.165, 1.54) is 0 Å². The molecule has 9 nitrogen and oxygen atoms in total. The Labute approximate surface area is 203 Å². The van der Waals surface area contributed by atoms with E-state index in [4.69, 9.17) is 5.10 Å². The van der Waals surface area contributed by atoms with Gasteiger partial charge in [-0.05, 0) is 63.4 Å². The van der Waals surface area contributed by atoms with Gasteiger partial charge in [0.05, 0.1) is 23.2 Å². The summed E-state index contributed by atoms with van der Waals surface area (Å²) in [5.74, 6) is 0.577. The van der Waals surface area contributed by atoms with Gasteiger partial charge in [-0.25, -0.2) is 9.50 Å². The van der Waals surface area contributed by atoms with Crippen molar-refractivity contribution < 1.29 is 9.90 Å². The van der Waals surface area contributed by atoms with E-state index in [0.717, 1.165) is 41.0 Å². The summed E-state index contributed by atoms with van der Waals surface area (Å²) in [6.45, 7) is 5.77. The molecule has 35 heavy (non-hydrogen) atoms. The third kappa shape index (κ3) is 5.25. The summed E-state index contributed by atoms with van der Waals surface area (Å²) in [6.07, 6.45) is 7.29. The number of rotatable bonds is 8. The highest BCUT2D eigenvalue weighted by atomic mass is 16.3. The molecule has 0 atom stereocenters. The molecule has 1 aliphatic rings. The summed E-state index contributed by atoms with van der Waals surface area (Å²) in [7, 11) is 0. The number of amides is 1. The number of aryl methyl sites for hydroxylation is 1. The monoisotopic (exact) mass is 471 g/mol. The maximum Gasteiger partial charge on any atom is 0.251 e. The standard InChI is InChI=1S/C26H29N7O2/c1-16-12-17(4-7-20(16)25(34)31-18-5-6-18)22-14-28-24-21(29-15-26(2,3)35)13-23(32-33(22)24)30-19-8-10-27-11-9-19/h4,7-14,18,29,35H,5-6,15H2,1-3H3,(H,31,34)(H,27,30,32). The molecule has 0 radical (unpaired) electrons. The zero-order chi connectivity index (χ0) is 24.6. The van der Waals surface area contributed by atoms with Gasteiger partial charge >= 0.3 is 0 Å². The molecule has 1 aromatic carbocycles. The topological polar surface area (TPSA) is 116 Å². The van der Waals surface area contributed by atoms with Gasteiger partial charge in [0, 0.05) is 47.9 Å². The SMILES string of the molecule is Cc1cc(-c2cnc3c(NCC(C)(C)O)cc(Nc4ccncc4)nn23)ccc1C(=O)NC1CC1. The van der Waals surface area contributed by atoms with Gasteiger partial charge < -0.3 is 21.1 Å². The maximum atomic E-state index is 12.6. The van der Waals surface area contributed by atoms with Crippen LogP contribution in [0.1, 0.15) is 42.6 Å². The van der Waals surface area contributed by atoms with E-state index >= 15 is 0 Å². The van der Waals surface area contributed by atoms with Crippen LogP contribution in [0, 0.1) is 6.92 Å². The smallest absolute Gasteiger partial charge is 0.251 e. The number of pyridine rings is 1.